The van der Waals surface area contributed by atoms with Crippen molar-refractivity contribution in [1.29, 1.82) is 0 Å². The highest BCUT2D eigenvalue weighted by Crippen LogP contribution is 2.38. The van der Waals surface area contributed by atoms with Crippen molar-refractivity contribution in [3.8, 4) is 5.88 Å². The van der Waals surface area contributed by atoms with Crippen LogP contribution in [0.15, 0.2) is 30.6 Å². The highest BCUT2D eigenvalue weighted by Gasteiger charge is 2.30. The zero-order valence-corrected chi connectivity index (χ0v) is 22.6. The van der Waals surface area contributed by atoms with Crippen molar-refractivity contribution in [2.75, 3.05) is 38.7 Å². The summed E-state index contributed by atoms with van der Waals surface area (Å²) in [7, 11) is 1.65. The van der Waals surface area contributed by atoms with Gasteiger partial charge < -0.3 is 19.7 Å². The summed E-state index contributed by atoms with van der Waals surface area (Å²) in [5.41, 5.74) is 3.03. The normalized spacial score (nSPS) is 19.0. The zero-order valence-electron chi connectivity index (χ0n) is 22.6. The quantitative estimate of drug-likeness (QED) is 0.407. The lowest BCUT2D eigenvalue weighted by molar-refractivity contribution is 0.0167. The van der Waals surface area contributed by atoms with Crippen molar-refractivity contribution in [2.24, 2.45) is 0 Å². The first-order valence-electron chi connectivity index (χ1n) is 13.5. The Morgan fingerprint density at radius 2 is 1.87 bits per heavy atom. The monoisotopic (exact) mass is 525 g/mol. The Balaban J connectivity index is 1.41. The second-order valence-corrected chi connectivity index (χ2v) is 10.6. The standard InChI is InChI=1S/C29H37F2N5O2/c1-18-22(6-5-7-25(18)29(3,30)31)19(2)34-26-24-16-23(28(37-4)35-27(24)33-17-32-26)20-8-12-36(13-9-20)21-10-14-38-15-11-21/h5-7,16-17,19-21H,8-15H2,1-4H3,(H,32,33,34,35)/t19-/m1/s1. The van der Waals surface area contributed by atoms with Crippen molar-refractivity contribution < 1.29 is 18.3 Å². The number of alkyl halides is 2. The molecule has 0 aliphatic carbocycles. The average Bonchev–Trinajstić information content (AvgIpc) is 2.92. The van der Waals surface area contributed by atoms with Crippen LogP contribution in [-0.2, 0) is 10.7 Å². The lowest BCUT2D eigenvalue weighted by atomic mass is 9.88. The summed E-state index contributed by atoms with van der Waals surface area (Å²) < 4.78 is 39.5. The van der Waals surface area contributed by atoms with E-state index in [4.69, 9.17) is 14.5 Å². The van der Waals surface area contributed by atoms with Crippen molar-refractivity contribution in [1.82, 2.24) is 19.9 Å². The maximum atomic E-state index is 14.1. The van der Waals surface area contributed by atoms with E-state index in [0.717, 1.165) is 75.4 Å². The molecule has 1 atom stereocenters. The average molecular weight is 526 g/mol. The molecule has 2 fully saturated rings. The summed E-state index contributed by atoms with van der Waals surface area (Å²) >= 11 is 0. The van der Waals surface area contributed by atoms with Gasteiger partial charge in [0.2, 0.25) is 5.88 Å². The summed E-state index contributed by atoms with van der Waals surface area (Å²) in [6.45, 7) is 8.43. The number of pyridine rings is 1. The first kappa shape index (κ1) is 26.7. The van der Waals surface area contributed by atoms with Crippen LogP contribution in [0, 0.1) is 6.92 Å². The molecule has 0 saturated carbocycles. The van der Waals surface area contributed by atoms with Crippen molar-refractivity contribution in [3.63, 3.8) is 0 Å². The second-order valence-electron chi connectivity index (χ2n) is 10.6. The van der Waals surface area contributed by atoms with Crippen LogP contribution in [0.4, 0.5) is 14.6 Å². The number of anilines is 1. The number of methoxy groups -OCH3 is 1. The number of likely N-dealkylation sites (tertiary alicyclic amines) is 1. The predicted octanol–water partition coefficient (Wildman–Crippen LogP) is 5.99. The number of aromatic nitrogens is 3. The number of benzene rings is 1. The molecular weight excluding hydrogens is 488 g/mol. The third-order valence-electron chi connectivity index (χ3n) is 8.16. The third-order valence-corrected chi connectivity index (χ3v) is 8.16. The van der Waals surface area contributed by atoms with Crippen LogP contribution >= 0.6 is 0 Å². The molecule has 9 heteroatoms. The number of ether oxygens (including phenoxy) is 2. The molecule has 4 heterocycles. The Morgan fingerprint density at radius 1 is 1.13 bits per heavy atom. The van der Waals surface area contributed by atoms with E-state index in [-0.39, 0.29) is 11.6 Å². The minimum atomic E-state index is -2.91. The Bertz CT molecular complexity index is 1270. The molecule has 38 heavy (non-hydrogen) atoms. The molecule has 3 aromatic rings. The molecule has 7 nitrogen and oxygen atoms in total. The molecule has 0 unspecified atom stereocenters. The minimum absolute atomic E-state index is 0.0389. The Morgan fingerprint density at radius 3 is 2.55 bits per heavy atom. The van der Waals surface area contributed by atoms with Crippen LogP contribution in [0.3, 0.4) is 0 Å². The molecule has 1 N–H and O–H groups in total. The van der Waals surface area contributed by atoms with E-state index in [9.17, 15) is 8.78 Å². The Hall–Kier alpha value is -2.91. The van der Waals surface area contributed by atoms with Gasteiger partial charge in [0.05, 0.1) is 18.5 Å². The molecule has 0 amide bonds. The van der Waals surface area contributed by atoms with Gasteiger partial charge in [-0.1, -0.05) is 18.2 Å². The van der Waals surface area contributed by atoms with Gasteiger partial charge in [-0.2, -0.15) is 4.98 Å². The smallest absolute Gasteiger partial charge is 0.270 e. The van der Waals surface area contributed by atoms with Crippen LogP contribution in [0.25, 0.3) is 11.0 Å². The maximum Gasteiger partial charge on any atom is 0.270 e. The van der Waals surface area contributed by atoms with Gasteiger partial charge in [-0.05, 0) is 75.7 Å². The summed E-state index contributed by atoms with van der Waals surface area (Å²) in [6.07, 6.45) is 5.75. The molecule has 0 radical (unpaired) electrons. The van der Waals surface area contributed by atoms with Gasteiger partial charge in [0.1, 0.15) is 12.1 Å². The van der Waals surface area contributed by atoms with Crippen LogP contribution in [0.1, 0.15) is 73.7 Å². The van der Waals surface area contributed by atoms with Crippen molar-refractivity contribution >= 4 is 16.9 Å². The number of fused-ring (bicyclic) bond motifs is 1. The van der Waals surface area contributed by atoms with E-state index >= 15 is 0 Å². The van der Waals surface area contributed by atoms with Gasteiger partial charge in [0.25, 0.3) is 5.92 Å². The third kappa shape index (κ3) is 5.45. The number of hydrogen-bond donors (Lipinski definition) is 1. The highest BCUT2D eigenvalue weighted by molar-refractivity contribution is 5.87. The van der Waals surface area contributed by atoms with E-state index in [2.05, 4.69) is 26.3 Å². The fourth-order valence-electron chi connectivity index (χ4n) is 6.06. The van der Waals surface area contributed by atoms with Gasteiger partial charge in [-0.25, -0.2) is 18.7 Å². The van der Waals surface area contributed by atoms with Gasteiger partial charge in [-0.15, -0.1) is 0 Å². The molecule has 1 aromatic carbocycles. The van der Waals surface area contributed by atoms with E-state index in [0.29, 0.717) is 34.9 Å². The summed E-state index contributed by atoms with van der Waals surface area (Å²) in [5, 5.41) is 4.24. The SMILES string of the molecule is COc1nc2ncnc(N[C@H](C)c3cccc(C(C)(F)F)c3C)c2cc1C1CCN(C2CCOCC2)CC1. The molecule has 0 bridgehead atoms. The summed E-state index contributed by atoms with van der Waals surface area (Å²) in [6, 6.07) is 7.52. The van der Waals surface area contributed by atoms with E-state index in [1.807, 2.05) is 13.0 Å². The number of nitrogens with one attached hydrogen (secondary N) is 1. The number of halogens is 2. The summed E-state index contributed by atoms with van der Waals surface area (Å²) in [4.78, 5) is 16.3. The van der Waals surface area contributed by atoms with Gasteiger partial charge in [-0.3, -0.25) is 0 Å². The largest absolute Gasteiger partial charge is 0.481 e. The molecule has 5 rings (SSSR count). The van der Waals surface area contributed by atoms with Crippen molar-refractivity contribution in [3.05, 3.63) is 52.8 Å². The molecular formula is C29H37F2N5O2. The van der Waals surface area contributed by atoms with E-state index in [1.165, 1.54) is 12.4 Å². The fraction of sp³-hybridized carbons (Fsp3) is 0.552. The number of piperidine rings is 1. The van der Waals surface area contributed by atoms with Gasteiger partial charge in [0, 0.05) is 37.3 Å². The minimum Gasteiger partial charge on any atom is -0.481 e. The topological polar surface area (TPSA) is 72.4 Å². The molecule has 2 aliphatic rings. The molecule has 2 saturated heterocycles. The lowest BCUT2D eigenvalue weighted by Crippen LogP contribution is -2.43. The maximum absolute atomic E-state index is 14.1. The van der Waals surface area contributed by atoms with Crippen LogP contribution in [0.5, 0.6) is 5.88 Å². The van der Waals surface area contributed by atoms with Gasteiger partial charge in [0.15, 0.2) is 5.65 Å². The highest BCUT2D eigenvalue weighted by atomic mass is 19.3. The zero-order chi connectivity index (χ0) is 26.9. The second kappa shape index (κ2) is 11.1. The Kier molecular flexibility index (Phi) is 7.77. The molecule has 204 valence electrons. The van der Waals surface area contributed by atoms with Gasteiger partial charge >= 0.3 is 0 Å². The van der Waals surface area contributed by atoms with Crippen molar-refractivity contribution in [2.45, 2.75) is 70.4 Å². The number of nitrogens with zero attached hydrogens (tertiary/aromatic N) is 4. The van der Waals surface area contributed by atoms with Crippen LogP contribution in [0.2, 0.25) is 0 Å². The fourth-order valence-corrected chi connectivity index (χ4v) is 6.06. The molecule has 2 aliphatic heterocycles. The van der Waals surface area contributed by atoms with E-state index in [1.54, 1.807) is 20.1 Å². The lowest BCUT2D eigenvalue weighted by Gasteiger charge is -2.39. The molecule has 0 spiro atoms. The van der Waals surface area contributed by atoms with Crippen LogP contribution < -0.4 is 10.1 Å². The number of hydrogen-bond acceptors (Lipinski definition) is 7. The molecule has 2 aromatic heterocycles. The first-order valence-corrected chi connectivity index (χ1v) is 13.5. The first-order chi connectivity index (χ1) is 18.3. The Labute approximate surface area is 223 Å². The van der Waals surface area contributed by atoms with E-state index < -0.39 is 5.92 Å². The summed E-state index contributed by atoms with van der Waals surface area (Å²) in [5.74, 6) is -1.34. The predicted molar refractivity (Wildman–Crippen MR) is 144 cm³/mol. The van der Waals surface area contributed by atoms with Crippen LogP contribution in [-0.4, -0.2) is 59.3 Å². The number of rotatable bonds is 7.